The second kappa shape index (κ2) is 5.71. The quantitative estimate of drug-likeness (QED) is 0.861. The van der Waals surface area contributed by atoms with Gasteiger partial charge >= 0.3 is 6.61 Å². The van der Waals surface area contributed by atoms with Gasteiger partial charge in [0.05, 0.1) is 11.8 Å². The van der Waals surface area contributed by atoms with Crippen LogP contribution in [0, 0.1) is 0 Å². The number of aliphatic hydroxyl groups is 1. The molecule has 1 aromatic heterocycles. The lowest BCUT2D eigenvalue weighted by Gasteiger charge is -2.21. The number of halogens is 2. The zero-order valence-corrected chi connectivity index (χ0v) is 10.4. The molecule has 0 radical (unpaired) electrons. The summed E-state index contributed by atoms with van der Waals surface area (Å²) in [5, 5.41) is 13.1. The van der Waals surface area contributed by atoms with Gasteiger partial charge in [0.1, 0.15) is 11.6 Å². The third kappa shape index (κ3) is 3.71. The molecule has 0 aliphatic carbocycles. The second-order valence-corrected chi connectivity index (χ2v) is 5.24. The Morgan fingerprint density at radius 2 is 2.39 bits per heavy atom. The van der Waals surface area contributed by atoms with E-state index in [4.69, 9.17) is 0 Å². The van der Waals surface area contributed by atoms with Crippen LogP contribution in [0.2, 0.25) is 0 Å². The molecule has 1 aliphatic heterocycles. The molecule has 0 amide bonds. The van der Waals surface area contributed by atoms with E-state index in [1.807, 2.05) is 0 Å². The number of rotatable bonds is 5. The van der Waals surface area contributed by atoms with Crippen molar-refractivity contribution in [3.8, 4) is 5.75 Å². The van der Waals surface area contributed by atoms with Gasteiger partial charge in [0.2, 0.25) is 0 Å². The Hall–Kier alpha value is -1.08. The number of hydrogen-bond acceptors (Lipinski definition) is 5. The first-order valence-electron chi connectivity index (χ1n) is 5.52. The van der Waals surface area contributed by atoms with Crippen molar-refractivity contribution in [2.45, 2.75) is 18.6 Å². The molecule has 2 N–H and O–H groups in total. The summed E-state index contributed by atoms with van der Waals surface area (Å²) in [7, 11) is 0. The van der Waals surface area contributed by atoms with Gasteiger partial charge in [-0.3, -0.25) is 0 Å². The number of pyridine rings is 1. The molecule has 1 atom stereocenters. The first-order valence-corrected chi connectivity index (χ1v) is 6.68. The third-order valence-corrected chi connectivity index (χ3v) is 3.88. The Morgan fingerprint density at radius 1 is 1.56 bits per heavy atom. The molecule has 0 bridgehead atoms. The molecule has 1 fully saturated rings. The fourth-order valence-corrected chi connectivity index (χ4v) is 2.94. The third-order valence-electron chi connectivity index (χ3n) is 2.64. The smallest absolute Gasteiger partial charge is 0.387 e. The number of hydrogen-bond donors (Lipinski definition) is 2. The molecular formula is C11H14F2N2O2S. The number of aromatic nitrogens is 1. The molecule has 2 rings (SSSR count). The molecule has 0 saturated carbocycles. The van der Waals surface area contributed by atoms with Crippen molar-refractivity contribution in [2.75, 3.05) is 23.4 Å². The number of nitrogens with zero attached hydrogens (tertiary/aromatic N) is 1. The minimum atomic E-state index is -2.85. The van der Waals surface area contributed by atoms with E-state index >= 15 is 0 Å². The van der Waals surface area contributed by atoms with Crippen molar-refractivity contribution >= 4 is 17.6 Å². The summed E-state index contributed by atoms with van der Waals surface area (Å²) in [6.45, 7) is -2.44. The first kappa shape index (κ1) is 13.4. The van der Waals surface area contributed by atoms with Gasteiger partial charge in [-0.05, 0) is 24.3 Å². The molecule has 100 valence electrons. The van der Waals surface area contributed by atoms with E-state index in [2.05, 4.69) is 15.0 Å². The predicted molar refractivity (Wildman–Crippen MR) is 66.3 cm³/mol. The number of ether oxygens (including phenoxy) is 1. The van der Waals surface area contributed by atoms with E-state index in [1.54, 1.807) is 17.8 Å². The molecule has 18 heavy (non-hydrogen) atoms. The van der Waals surface area contributed by atoms with E-state index < -0.39 is 12.2 Å². The Balaban J connectivity index is 1.86. The predicted octanol–water partition coefficient (Wildman–Crippen LogP) is 1.96. The lowest BCUT2D eigenvalue weighted by Crippen LogP contribution is -2.36. The first-order chi connectivity index (χ1) is 8.57. The topological polar surface area (TPSA) is 54.4 Å². The SMILES string of the molecule is OC1(CNc2ccc(OC(F)F)cn2)CCSC1. The van der Waals surface area contributed by atoms with E-state index in [9.17, 15) is 13.9 Å². The van der Waals surface area contributed by atoms with E-state index in [0.29, 0.717) is 18.1 Å². The average molecular weight is 276 g/mol. The summed E-state index contributed by atoms with van der Waals surface area (Å²) in [6, 6.07) is 2.96. The Kier molecular flexibility index (Phi) is 4.23. The van der Waals surface area contributed by atoms with Crippen LogP contribution in [0.1, 0.15) is 6.42 Å². The minimum Gasteiger partial charge on any atom is -0.433 e. The minimum absolute atomic E-state index is 0.0192. The Labute approximate surface area is 108 Å². The van der Waals surface area contributed by atoms with Crippen molar-refractivity contribution in [3.63, 3.8) is 0 Å². The summed E-state index contributed by atoms with van der Waals surface area (Å²) >= 11 is 1.71. The molecule has 4 nitrogen and oxygen atoms in total. The van der Waals surface area contributed by atoms with Crippen LogP contribution < -0.4 is 10.1 Å². The lowest BCUT2D eigenvalue weighted by molar-refractivity contribution is -0.0500. The molecular weight excluding hydrogens is 262 g/mol. The number of alkyl halides is 2. The van der Waals surface area contributed by atoms with Crippen LogP contribution in [0.4, 0.5) is 14.6 Å². The molecule has 2 heterocycles. The molecule has 7 heteroatoms. The number of thioether (sulfide) groups is 1. The Bertz CT molecular complexity index is 383. The largest absolute Gasteiger partial charge is 0.433 e. The maximum atomic E-state index is 11.9. The highest BCUT2D eigenvalue weighted by atomic mass is 32.2. The van der Waals surface area contributed by atoms with Crippen LogP contribution in [0.25, 0.3) is 0 Å². The summed E-state index contributed by atoms with van der Waals surface area (Å²) in [4.78, 5) is 3.94. The van der Waals surface area contributed by atoms with E-state index in [1.165, 1.54) is 12.3 Å². The second-order valence-electron chi connectivity index (χ2n) is 4.14. The van der Waals surface area contributed by atoms with Crippen molar-refractivity contribution in [1.82, 2.24) is 4.98 Å². The van der Waals surface area contributed by atoms with Crippen LogP contribution in [0.15, 0.2) is 18.3 Å². The summed E-state index contributed by atoms with van der Waals surface area (Å²) < 4.78 is 28.0. The maximum Gasteiger partial charge on any atom is 0.387 e. The van der Waals surface area contributed by atoms with Crippen LogP contribution in [0.3, 0.4) is 0 Å². The molecule has 1 aliphatic rings. The fraction of sp³-hybridized carbons (Fsp3) is 0.545. The van der Waals surface area contributed by atoms with Crippen molar-refractivity contribution in [3.05, 3.63) is 18.3 Å². The van der Waals surface area contributed by atoms with Crippen molar-refractivity contribution in [2.24, 2.45) is 0 Å². The van der Waals surface area contributed by atoms with Gasteiger partial charge in [-0.1, -0.05) is 0 Å². The molecule has 0 spiro atoms. The molecule has 0 aromatic carbocycles. The van der Waals surface area contributed by atoms with Crippen LogP contribution in [-0.4, -0.2) is 40.4 Å². The highest BCUT2D eigenvalue weighted by molar-refractivity contribution is 7.99. The van der Waals surface area contributed by atoms with Gasteiger partial charge in [-0.15, -0.1) is 0 Å². The van der Waals surface area contributed by atoms with E-state index in [-0.39, 0.29) is 5.75 Å². The van der Waals surface area contributed by atoms with E-state index in [0.717, 1.165) is 12.2 Å². The normalized spacial score (nSPS) is 23.3. The standard InChI is InChI=1S/C11H14F2N2O2S/c12-10(13)17-8-1-2-9(14-5-8)15-6-11(16)3-4-18-7-11/h1-2,5,10,16H,3-4,6-7H2,(H,14,15). The van der Waals surface area contributed by atoms with Crippen molar-refractivity contribution in [1.29, 1.82) is 0 Å². The molecule has 1 aromatic rings. The zero-order valence-electron chi connectivity index (χ0n) is 9.60. The maximum absolute atomic E-state index is 11.9. The molecule has 1 unspecified atom stereocenters. The lowest BCUT2D eigenvalue weighted by atomic mass is 10.0. The van der Waals surface area contributed by atoms with Crippen LogP contribution in [-0.2, 0) is 0 Å². The van der Waals surface area contributed by atoms with Crippen molar-refractivity contribution < 1.29 is 18.6 Å². The summed E-state index contributed by atoms with van der Waals surface area (Å²) in [6.07, 6.45) is 1.97. The number of nitrogens with one attached hydrogen (secondary N) is 1. The van der Waals surface area contributed by atoms with Crippen LogP contribution in [0.5, 0.6) is 5.75 Å². The number of anilines is 1. The summed E-state index contributed by atoms with van der Waals surface area (Å²) in [5.41, 5.74) is -0.704. The van der Waals surface area contributed by atoms with Gasteiger partial charge in [0.25, 0.3) is 0 Å². The van der Waals surface area contributed by atoms with Gasteiger partial charge in [-0.2, -0.15) is 20.5 Å². The molecule has 1 saturated heterocycles. The highest BCUT2D eigenvalue weighted by Crippen LogP contribution is 2.28. The van der Waals surface area contributed by atoms with Gasteiger partial charge < -0.3 is 15.2 Å². The average Bonchev–Trinajstić information content (AvgIpc) is 2.75. The fourth-order valence-electron chi connectivity index (χ4n) is 1.65. The highest BCUT2D eigenvalue weighted by Gasteiger charge is 2.31. The van der Waals surface area contributed by atoms with Crippen LogP contribution >= 0.6 is 11.8 Å². The van der Waals surface area contributed by atoms with Gasteiger partial charge in [0, 0.05) is 12.3 Å². The van der Waals surface area contributed by atoms with Gasteiger partial charge in [-0.25, -0.2) is 4.98 Å². The Morgan fingerprint density at radius 3 is 2.94 bits per heavy atom. The summed E-state index contributed by atoms with van der Waals surface area (Å²) in [5.74, 6) is 2.20. The monoisotopic (exact) mass is 276 g/mol. The zero-order chi connectivity index (χ0) is 13.0. The van der Waals surface area contributed by atoms with Gasteiger partial charge in [0.15, 0.2) is 0 Å².